The van der Waals surface area contributed by atoms with Gasteiger partial charge in [0.2, 0.25) is 0 Å². The molecular formula is C16H33N3. The molecule has 1 heterocycles. The van der Waals surface area contributed by atoms with Crippen LogP contribution in [0.2, 0.25) is 0 Å². The van der Waals surface area contributed by atoms with Gasteiger partial charge in [-0.2, -0.15) is 0 Å². The first-order chi connectivity index (χ1) is 8.90. The molecule has 1 aliphatic carbocycles. The van der Waals surface area contributed by atoms with Crippen molar-refractivity contribution in [1.82, 2.24) is 9.80 Å². The number of nitrogens with two attached hydrogens (primary N) is 1. The molecular weight excluding hydrogens is 234 g/mol. The molecule has 2 rings (SSSR count). The van der Waals surface area contributed by atoms with Crippen molar-refractivity contribution in [1.29, 1.82) is 0 Å². The van der Waals surface area contributed by atoms with E-state index in [1.54, 1.807) is 0 Å². The van der Waals surface area contributed by atoms with Crippen LogP contribution in [0.3, 0.4) is 0 Å². The predicted molar refractivity (Wildman–Crippen MR) is 82.2 cm³/mol. The fourth-order valence-corrected chi connectivity index (χ4v) is 4.35. The van der Waals surface area contributed by atoms with Gasteiger partial charge < -0.3 is 5.73 Å². The number of hydrogen-bond donors (Lipinski definition) is 1. The van der Waals surface area contributed by atoms with Gasteiger partial charge in [0.25, 0.3) is 0 Å². The zero-order valence-electron chi connectivity index (χ0n) is 13.5. The van der Waals surface area contributed by atoms with Crippen molar-refractivity contribution in [2.45, 2.75) is 64.6 Å². The highest BCUT2D eigenvalue weighted by molar-refractivity contribution is 5.02. The van der Waals surface area contributed by atoms with Gasteiger partial charge in [-0.3, -0.25) is 9.80 Å². The molecule has 0 aromatic rings. The maximum atomic E-state index is 6.28. The fraction of sp³-hybridized carbons (Fsp3) is 1.00. The summed E-state index contributed by atoms with van der Waals surface area (Å²) in [6, 6.07) is 1.28. The minimum atomic E-state index is 0.260. The Morgan fingerprint density at radius 1 is 1.11 bits per heavy atom. The molecule has 5 unspecified atom stereocenters. The molecule has 0 spiro atoms. The molecule has 1 saturated carbocycles. The van der Waals surface area contributed by atoms with E-state index in [-0.39, 0.29) is 5.54 Å². The highest BCUT2D eigenvalue weighted by Gasteiger charge is 2.46. The highest BCUT2D eigenvalue weighted by atomic mass is 15.3. The molecule has 1 saturated heterocycles. The summed E-state index contributed by atoms with van der Waals surface area (Å²) < 4.78 is 0. The number of piperazine rings is 1. The third kappa shape index (κ3) is 2.70. The van der Waals surface area contributed by atoms with E-state index < -0.39 is 0 Å². The lowest BCUT2D eigenvalue weighted by Crippen LogP contribution is -2.67. The Bertz CT molecular complexity index is 294. The maximum absolute atomic E-state index is 6.28. The van der Waals surface area contributed by atoms with Crippen molar-refractivity contribution in [3.63, 3.8) is 0 Å². The predicted octanol–water partition coefficient (Wildman–Crippen LogP) is 2.16. The van der Waals surface area contributed by atoms with E-state index in [9.17, 15) is 0 Å². The average Bonchev–Trinajstić information content (AvgIpc) is 2.36. The van der Waals surface area contributed by atoms with Crippen LogP contribution >= 0.6 is 0 Å². The fourth-order valence-electron chi connectivity index (χ4n) is 4.35. The second kappa shape index (κ2) is 5.71. The number of rotatable bonds is 2. The molecule has 5 atom stereocenters. The van der Waals surface area contributed by atoms with Crippen LogP contribution in [0.4, 0.5) is 0 Å². The van der Waals surface area contributed by atoms with E-state index in [1.165, 1.54) is 32.4 Å². The monoisotopic (exact) mass is 267 g/mol. The lowest BCUT2D eigenvalue weighted by Gasteiger charge is -2.56. The van der Waals surface area contributed by atoms with Gasteiger partial charge in [-0.05, 0) is 52.0 Å². The van der Waals surface area contributed by atoms with Crippen molar-refractivity contribution in [3.8, 4) is 0 Å². The van der Waals surface area contributed by atoms with Gasteiger partial charge in [0.15, 0.2) is 0 Å². The van der Waals surface area contributed by atoms with E-state index >= 15 is 0 Å². The van der Waals surface area contributed by atoms with Crippen LogP contribution in [0.25, 0.3) is 0 Å². The van der Waals surface area contributed by atoms with Crippen LogP contribution in [0.5, 0.6) is 0 Å². The zero-order valence-corrected chi connectivity index (χ0v) is 13.5. The highest BCUT2D eigenvalue weighted by Crippen LogP contribution is 2.41. The molecule has 0 amide bonds. The largest absolute Gasteiger partial charge is 0.329 e. The molecule has 0 radical (unpaired) electrons. The van der Waals surface area contributed by atoms with Gasteiger partial charge in [-0.1, -0.05) is 13.8 Å². The molecule has 0 aromatic carbocycles. The Hall–Kier alpha value is -0.120. The van der Waals surface area contributed by atoms with Gasteiger partial charge in [-0.15, -0.1) is 0 Å². The van der Waals surface area contributed by atoms with E-state index in [4.69, 9.17) is 5.73 Å². The zero-order chi connectivity index (χ0) is 14.2. The van der Waals surface area contributed by atoms with Crippen molar-refractivity contribution >= 4 is 0 Å². The molecule has 19 heavy (non-hydrogen) atoms. The van der Waals surface area contributed by atoms with Crippen LogP contribution < -0.4 is 5.73 Å². The minimum absolute atomic E-state index is 0.260. The molecule has 2 N–H and O–H groups in total. The Balaban J connectivity index is 2.17. The molecule has 1 aliphatic heterocycles. The second-order valence-electron chi connectivity index (χ2n) is 7.36. The smallest absolute Gasteiger partial charge is 0.0358 e. The summed E-state index contributed by atoms with van der Waals surface area (Å²) in [5.74, 6) is 1.60. The van der Waals surface area contributed by atoms with Gasteiger partial charge in [0.1, 0.15) is 0 Å². The summed E-state index contributed by atoms with van der Waals surface area (Å²) in [4.78, 5) is 5.25. The van der Waals surface area contributed by atoms with Crippen molar-refractivity contribution in [2.24, 2.45) is 17.6 Å². The molecule has 0 aromatic heterocycles. The topological polar surface area (TPSA) is 32.5 Å². The van der Waals surface area contributed by atoms with Gasteiger partial charge in [-0.25, -0.2) is 0 Å². The van der Waals surface area contributed by atoms with Gasteiger partial charge >= 0.3 is 0 Å². The molecule has 112 valence electrons. The third-order valence-electron chi connectivity index (χ3n) is 6.09. The summed E-state index contributed by atoms with van der Waals surface area (Å²) in [5.41, 5.74) is 6.54. The maximum Gasteiger partial charge on any atom is 0.0358 e. The van der Waals surface area contributed by atoms with Crippen LogP contribution in [0.15, 0.2) is 0 Å². The van der Waals surface area contributed by atoms with E-state index in [0.717, 1.165) is 18.4 Å². The Labute approximate surface area is 119 Å². The van der Waals surface area contributed by atoms with Gasteiger partial charge in [0.05, 0.1) is 0 Å². The summed E-state index contributed by atoms with van der Waals surface area (Å²) in [7, 11) is 2.26. The van der Waals surface area contributed by atoms with Crippen molar-refractivity contribution < 1.29 is 0 Å². The third-order valence-corrected chi connectivity index (χ3v) is 6.09. The number of nitrogens with zero attached hydrogens (tertiary/aromatic N) is 2. The van der Waals surface area contributed by atoms with E-state index in [2.05, 4.69) is 44.5 Å². The number of hydrogen-bond acceptors (Lipinski definition) is 3. The van der Waals surface area contributed by atoms with Gasteiger partial charge in [0, 0.05) is 37.3 Å². The Morgan fingerprint density at radius 2 is 1.68 bits per heavy atom. The summed E-state index contributed by atoms with van der Waals surface area (Å²) in [5, 5.41) is 0. The summed E-state index contributed by atoms with van der Waals surface area (Å²) in [6.07, 6.45) is 3.97. The molecule has 2 aliphatic rings. The standard InChI is InChI=1S/C16H33N3/c1-12-6-7-16(11-17,13(2)8-12)19-9-14(3)18(5)15(4)10-19/h12-15H,6-11,17H2,1-5H3. The van der Waals surface area contributed by atoms with E-state index in [0.29, 0.717) is 12.1 Å². The quantitative estimate of drug-likeness (QED) is 0.832. The molecule has 3 heteroatoms. The van der Waals surface area contributed by atoms with Crippen LogP contribution in [-0.2, 0) is 0 Å². The van der Waals surface area contributed by atoms with Crippen LogP contribution in [0.1, 0.15) is 47.0 Å². The normalized spacial score (nSPS) is 46.4. The molecule has 3 nitrogen and oxygen atoms in total. The van der Waals surface area contributed by atoms with E-state index in [1.807, 2.05) is 0 Å². The second-order valence-corrected chi connectivity index (χ2v) is 7.36. The van der Waals surface area contributed by atoms with Crippen molar-refractivity contribution in [2.75, 3.05) is 26.7 Å². The molecule has 0 bridgehead atoms. The van der Waals surface area contributed by atoms with Crippen molar-refractivity contribution in [3.05, 3.63) is 0 Å². The average molecular weight is 267 g/mol. The Morgan fingerprint density at radius 3 is 2.16 bits per heavy atom. The first-order valence-electron chi connectivity index (χ1n) is 8.07. The van der Waals surface area contributed by atoms with Crippen LogP contribution in [0, 0.1) is 11.8 Å². The Kier molecular flexibility index (Phi) is 4.59. The summed E-state index contributed by atoms with van der Waals surface area (Å²) in [6.45, 7) is 12.7. The first kappa shape index (κ1) is 15.3. The lowest BCUT2D eigenvalue weighted by molar-refractivity contribution is -0.0570. The van der Waals surface area contributed by atoms with Crippen LogP contribution in [-0.4, -0.2) is 54.1 Å². The molecule has 2 fully saturated rings. The number of likely N-dealkylation sites (N-methyl/N-ethyl adjacent to an activating group) is 1. The SMILES string of the molecule is CC1CCC(CN)(N2CC(C)N(C)C(C)C2)C(C)C1. The lowest BCUT2D eigenvalue weighted by atomic mass is 9.68. The summed E-state index contributed by atoms with van der Waals surface area (Å²) >= 11 is 0. The minimum Gasteiger partial charge on any atom is -0.329 e. The first-order valence-corrected chi connectivity index (χ1v) is 8.07.